The van der Waals surface area contributed by atoms with Gasteiger partial charge in [0.2, 0.25) is 0 Å². The van der Waals surface area contributed by atoms with Crippen LogP contribution in [-0.4, -0.2) is 31.6 Å². The fourth-order valence-electron chi connectivity index (χ4n) is 2.05. The summed E-state index contributed by atoms with van der Waals surface area (Å²) in [5.74, 6) is 0.311. The molecule has 0 aromatic rings. The lowest BCUT2D eigenvalue weighted by molar-refractivity contribution is -0.160. The largest absolute Gasteiger partial charge is 0.370 e. The molecule has 3 unspecified atom stereocenters. The van der Waals surface area contributed by atoms with Crippen LogP contribution in [0.15, 0.2) is 0 Å². The highest BCUT2D eigenvalue weighted by Gasteiger charge is 2.38. The molecule has 3 atom stereocenters. The Morgan fingerprint density at radius 1 is 1.29 bits per heavy atom. The molecule has 4 heteroatoms. The van der Waals surface area contributed by atoms with Crippen LogP contribution in [-0.2, 0) is 14.4 Å². The van der Waals surface area contributed by atoms with Crippen LogP contribution in [0.5, 0.6) is 0 Å². The quantitative estimate of drug-likeness (QED) is 0.664. The highest BCUT2D eigenvalue weighted by Crippen LogP contribution is 2.26. The van der Waals surface area contributed by atoms with Crippen LogP contribution in [0.4, 0.5) is 0 Å². The lowest BCUT2D eigenvalue weighted by Gasteiger charge is -2.39. The van der Waals surface area contributed by atoms with Crippen molar-refractivity contribution in [2.24, 2.45) is 5.92 Å². The lowest BCUT2D eigenvalue weighted by Crippen LogP contribution is -2.53. The molecule has 2 aliphatic rings. The van der Waals surface area contributed by atoms with E-state index in [0.717, 1.165) is 25.7 Å². The number of hydrogen-bond acceptors (Lipinski definition) is 4. The molecule has 2 saturated heterocycles. The summed E-state index contributed by atoms with van der Waals surface area (Å²) in [5, 5.41) is 0. The SMILES string of the molecule is O=CC1OCC1C1CCCCCON1. The molecule has 2 heterocycles. The Hall–Kier alpha value is -0.450. The summed E-state index contributed by atoms with van der Waals surface area (Å²) in [5.41, 5.74) is 3.05. The molecular formula is C10H17NO3. The number of hydroxylamine groups is 1. The summed E-state index contributed by atoms with van der Waals surface area (Å²) >= 11 is 0. The van der Waals surface area contributed by atoms with Crippen LogP contribution in [0.2, 0.25) is 0 Å². The Kier molecular flexibility index (Phi) is 3.50. The zero-order valence-corrected chi connectivity index (χ0v) is 8.28. The molecule has 0 saturated carbocycles. The van der Waals surface area contributed by atoms with Crippen molar-refractivity contribution in [3.05, 3.63) is 0 Å². The Morgan fingerprint density at radius 2 is 2.21 bits per heavy atom. The van der Waals surface area contributed by atoms with E-state index in [4.69, 9.17) is 9.57 Å². The number of carbonyl (C=O) groups excluding carboxylic acids is 1. The second-order valence-corrected chi connectivity index (χ2v) is 4.02. The molecule has 0 radical (unpaired) electrons. The highest BCUT2D eigenvalue weighted by atomic mass is 16.6. The van der Waals surface area contributed by atoms with Crippen LogP contribution in [0.3, 0.4) is 0 Å². The van der Waals surface area contributed by atoms with E-state index in [-0.39, 0.29) is 6.10 Å². The molecule has 14 heavy (non-hydrogen) atoms. The van der Waals surface area contributed by atoms with Gasteiger partial charge >= 0.3 is 0 Å². The summed E-state index contributed by atoms with van der Waals surface area (Å²) in [7, 11) is 0. The summed E-state index contributed by atoms with van der Waals surface area (Å²) in [6.07, 6.45) is 5.32. The molecule has 0 amide bonds. The Morgan fingerprint density at radius 3 is 2.93 bits per heavy atom. The van der Waals surface area contributed by atoms with Crippen molar-refractivity contribution < 1.29 is 14.4 Å². The molecular weight excluding hydrogens is 182 g/mol. The monoisotopic (exact) mass is 199 g/mol. The van der Waals surface area contributed by atoms with Crippen LogP contribution in [0, 0.1) is 5.92 Å². The van der Waals surface area contributed by atoms with E-state index in [0.29, 0.717) is 18.6 Å². The van der Waals surface area contributed by atoms with Crippen LogP contribution < -0.4 is 5.48 Å². The molecule has 0 bridgehead atoms. The molecule has 0 aliphatic carbocycles. The van der Waals surface area contributed by atoms with Crippen molar-refractivity contribution in [3.63, 3.8) is 0 Å². The van der Waals surface area contributed by atoms with E-state index in [1.165, 1.54) is 12.8 Å². The fourth-order valence-corrected chi connectivity index (χ4v) is 2.05. The standard InChI is InChI=1S/C10H17NO3/c12-6-10-8(7-13-10)9-4-2-1-3-5-14-11-9/h6,8-11H,1-5,7H2. The van der Waals surface area contributed by atoms with E-state index in [1.807, 2.05) is 0 Å². The third-order valence-electron chi connectivity index (χ3n) is 3.05. The first-order valence-corrected chi connectivity index (χ1v) is 5.36. The lowest BCUT2D eigenvalue weighted by atomic mass is 9.87. The van der Waals surface area contributed by atoms with Gasteiger partial charge in [-0.2, -0.15) is 5.48 Å². The van der Waals surface area contributed by atoms with Gasteiger partial charge in [-0.25, -0.2) is 0 Å². The predicted octanol–water partition coefficient (Wildman–Crippen LogP) is 0.664. The van der Waals surface area contributed by atoms with Gasteiger partial charge in [-0.3, -0.25) is 0 Å². The Labute approximate surface area is 83.9 Å². The van der Waals surface area contributed by atoms with Gasteiger partial charge in [-0.15, -0.1) is 0 Å². The van der Waals surface area contributed by atoms with Gasteiger partial charge in [0.05, 0.1) is 13.2 Å². The topological polar surface area (TPSA) is 47.6 Å². The minimum Gasteiger partial charge on any atom is -0.370 e. The molecule has 0 aromatic carbocycles. The first kappa shape index (κ1) is 10.1. The first-order chi connectivity index (χ1) is 6.92. The predicted molar refractivity (Wildman–Crippen MR) is 50.6 cm³/mol. The smallest absolute Gasteiger partial charge is 0.149 e. The van der Waals surface area contributed by atoms with Crippen molar-refractivity contribution in [3.8, 4) is 0 Å². The van der Waals surface area contributed by atoms with Gasteiger partial charge in [0.25, 0.3) is 0 Å². The minimum absolute atomic E-state index is 0.212. The van der Waals surface area contributed by atoms with Crippen molar-refractivity contribution in [1.82, 2.24) is 5.48 Å². The minimum atomic E-state index is -0.212. The zero-order valence-electron chi connectivity index (χ0n) is 8.28. The summed E-state index contributed by atoms with van der Waals surface area (Å²) in [6, 6.07) is 0.291. The molecule has 2 aliphatic heterocycles. The van der Waals surface area contributed by atoms with Gasteiger partial charge in [0.15, 0.2) is 0 Å². The maximum absolute atomic E-state index is 10.6. The van der Waals surface area contributed by atoms with Gasteiger partial charge in [-0.1, -0.05) is 12.8 Å². The van der Waals surface area contributed by atoms with Gasteiger partial charge in [0, 0.05) is 12.0 Å². The number of carbonyl (C=O) groups is 1. The number of hydrogen-bond donors (Lipinski definition) is 1. The molecule has 80 valence electrons. The molecule has 0 aromatic heterocycles. The third-order valence-corrected chi connectivity index (χ3v) is 3.05. The van der Waals surface area contributed by atoms with E-state index in [9.17, 15) is 4.79 Å². The van der Waals surface area contributed by atoms with Crippen molar-refractivity contribution in [2.45, 2.75) is 37.8 Å². The number of ether oxygens (including phenoxy) is 1. The maximum atomic E-state index is 10.6. The number of aldehydes is 1. The van der Waals surface area contributed by atoms with E-state index < -0.39 is 0 Å². The second kappa shape index (κ2) is 4.87. The van der Waals surface area contributed by atoms with E-state index in [2.05, 4.69) is 5.48 Å². The van der Waals surface area contributed by atoms with Gasteiger partial charge in [0.1, 0.15) is 12.4 Å². The molecule has 2 fully saturated rings. The maximum Gasteiger partial charge on any atom is 0.149 e. The Bertz CT molecular complexity index is 190. The normalized spacial score (nSPS) is 39.3. The van der Waals surface area contributed by atoms with Crippen LogP contribution >= 0.6 is 0 Å². The summed E-state index contributed by atoms with van der Waals surface area (Å²) < 4.78 is 5.15. The molecule has 1 N–H and O–H groups in total. The number of nitrogens with one attached hydrogen (secondary N) is 1. The van der Waals surface area contributed by atoms with E-state index >= 15 is 0 Å². The average molecular weight is 199 g/mol. The fraction of sp³-hybridized carbons (Fsp3) is 0.900. The number of rotatable bonds is 2. The third kappa shape index (κ3) is 2.13. The van der Waals surface area contributed by atoms with Gasteiger partial charge in [-0.05, 0) is 12.8 Å². The first-order valence-electron chi connectivity index (χ1n) is 5.36. The molecule has 4 nitrogen and oxygen atoms in total. The summed E-state index contributed by atoms with van der Waals surface area (Å²) in [4.78, 5) is 15.9. The highest BCUT2D eigenvalue weighted by molar-refractivity contribution is 5.58. The van der Waals surface area contributed by atoms with Crippen LogP contribution in [0.25, 0.3) is 0 Å². The van der Waals surface area contributed by atoms with Crippen molar-refractivity contribution >= 4 is 6.29 Å². The van der Waals surface area contributed by atoms with Crippen LogP contribution in [0.1, 0.15) is 25.7 Å². The average Bonchev–Trinajstić information content (AvgIpc) is 2.08. The van der Waals surface area contributed by atoms with Gasteiger partial charge < -0.3 is 14.4 Å². The summed E-state index contributed by atoms with van der Waals surface area (Å²) in [6.45, 7) is 1.46. The molecule has 0 spiro atoms. The van der Waals surface area contributed by atoms with E-state index in [1.54, 1.807) is 0 Å². The molecule has 2 rings (SSSR count). The van der Waals surface area contributed by atoms with Crippen molar-refractivity contribution in [2.75, 3.05) is 13.2 Å². The van der Waals surface area contributed by atoms with Crippen molar-refractivity contribution in [1.29, 1.82) is 0 Å². The Balaban J connectivity index is 1.84. The second-order valence-electron chi connectivity index (χ2n) is 4.02. The zero-order chi connectivity index (χ0) is 9.80.